The standard InChI is InChI=1S/C23H28F2N4O2/c1-28-9-11-29(12-10-28)16-18-4-2-3-17(13-18)15-27-22(30)7-8-26-23(31)20-6-5-19(24)14-21(20)25/h2-6,13-14H,7-12,15-16H2,1H3,(H,26,31)(H,27,30). The zero-order valence-electron chi connectivity index (χ0n) is 17.7. The summed E-state index contributed by atoms with van der Waals surface area (Å²) in [6, 6.07) is 10.9. The Balaban J connectivity index is 1.40. The highest BCUT2D eigenvalue weighted by molar-refractivity contribution is 5.94. The molecular formula is C23H28F2N4O2. The van der Waals surface area contributed by atoms with E-state index in [1.165, 1.54) is 5.56 Å². The first kappa shape index (κ1) is 22.8. The number of carbonyl (C=O) groups is 2. The molecule has 2 amide bonds. The fourth-order valence-electron chi connectivity index (χ4n) is 3.45. The summed E-state index contributed by atoms with van der Waals surface area (Å²) in [6.07, 6.45) is 0.0650. The van der Waals surface area contributed by atoms with Gasteiger partial charge in [-0.1, -0.05) is 24.3 Å². The van der Waals surface area contributed by atoms with Crippen LogP contribution >= 0.6 is 0 Å². The number of halogens is 2. The number of piperazine rings is 1. The van der Waals surface area contributed by atoms with Gasteiger partial charge in [0.1, 0.15) is 11.6 Å². The first-order valence-electron chi connectivity index (χ1n) is 10.4. The molecule has 0 saturated carbocycles. The van der Waals surface area contributed by atoms with E-state index in [-0.39, 0.29) is 24.4 Å². The smallest absolute Gasteiger partial charge is 0.254 e. The van der Waals surface area contributed by atoms with Crippen LogP contribution in [0.1, 0.15) is 27.9 Å². The van der Waals surface area contributed by atoms with Gasteiger partial charge in [0.05, 0.1) is 5.56 Å². The molecule has 0 radical (unpaired) electrons. The molecule has 2 aromatic rings. The lowest BCUT2D eigenvalue weighted by molar-refractivity contribution is -0.121. The topological polar surface area (TPSA) is 64.7 Å². The van der Waals surface area contributed by atoms with Crippen molar-refractivity contribution in [2.45, 2.75) is 19.5 Å². The molecule has 0 spiro atoms. The van der Waals surface area contributed by atoms with Crippen molar-refractivity contribution in [3.05, 3.63) is 70.8 Å². The highest BCUT2D eigenvalue weighted by Crippen LogP contribution is 2.11. The van der Waals surface area contributed by atoms with E-state index in [1.54, 1.807) is 0 Å². The van der Waals surface area contributed by atoms with E-state index in [1.807, 2.05) is 12.1 Å². The van der Waals surface area contributed by atoms with Gasteiger partial charge in [0.2, 0.25) is 5.91 Å². The SMILES string of the molecule is CN1CCN(Cc2cccc(CNC(=O)CCNC(=O)c3ccc(F)cc3F)c2)CC1. The Morgan fingerprint density at radius 1 is 0.968 bits per heavy atom. The Labute approximate surface area is 181 Å². The Bertz CT molecular complexity index is 914. The first-order chi connectivity index (χ1) is 14.9. The fourth-order valence-corrected chi connectivity index (χ4v) is 3.45. The molecule has 1 heterocycles. The quantitative estimate of drug-likeness (QED) is 0.674. The van der Waals surface area contributed by atoms with Crippen molar-refractivity contribution in [1.29, 1.82) is 0 Å². The number of nitrogens with one attached hydrogen (secondary N) is 2. The van der Waals surface area contributed by atoms with Gasteiger partial charge in [-0.3, -0.25) is 14.5 Å². The van der Waals surface area contributed by atoms with Crippen molar-refractivity contribution in [1.82, 2.24) is 20.4 Å². The van der Waals surface area contributed by atoms with Crippen LogP contribution in [0.5, 0.6) is 0 Å². The zero-order chi connectivity index (χ0) is 22.2. The van der Waals surface area contributed by atoms with Gasteiger partial charge in [-0.15, -0.1) is 0 Å². The van der Waals surface area contributed by atoms with Crippen LogP contribution in [0.3, 0.4) is 0 Å². The van der Waals surface area contributed by atoms with E-state index in [9.17, 15) is 18.4 Å². The van der Waals surface area contributed by atoms with Crippen LogP contribution in [0, 0.1) is 11.6 Å². The van der Waals surface area contributed by atoms with Crippen molar-refractivity contribution < 1.29 is 18.4 Å². The van der Waals surface area contributed by atoms with E-state index in [0.717, 1.165) is 50.4 Å². The minimum Gasteiger partial charge on any atom is -0.352 e. The molecule has 6 nitrogen and oxygen atoms in total. The minimum absolute atomic E-state index is 0.0604. The van der Waals surface area contributed by atoms with Crippen LogP contribution in [0.4, 0.5) is 8.78 Å². The van der Waals surface area contributed by atoms with Crippen LogP contribution in [0.25, 0.3) is 0 Å². The van der Waals surface area contributed by atoms with Crippen molar-refractivity contribution >= 4 is 11.8 Å². The summed E-state index contributed by atoms with van der Waals surface area (Å²) in [6.45, 7) is 5.58. The van der Waals surface area contributed by atoms with Crippen molar-refractivity contribution in [2.24, 2.45) is 0 Å². The molecule has 2 N–H and O–H groups in total. The van der Waals surface area contributed by atoms with Crippen molar-refractivity contribution in [3.8, 4) is 0 Å². The second-order valence-corrected chi connectivity index (χ2v) is 7.81. The number of likely N-dealkylation sites (N-methyl/N-ethyl adjacent to an activating group) is 1. The van der Waals surface area contributed by atoms with Crippen LogP contribution in [-0.2, 0) is 17.9 Å². The van der Waals surface area contributed by atoms with Gasteiger partial charge in [-0.2, -0.15) is 0 Å². The number of hydrogen-bond acceptors (Lipinski definition) is 4. The summed E-state index contributed by atoms with van der Waals surface area (Å²) in [7, 11) is 2.13. The number of amides is 2. The predicted octanol–water partition coefficient (Wildman–Crippen LogP) is 2.15. The molecule has 166 valence electrons. The van der Waals surface area contributed by atoms with Crippen LogP contribution in [0.2, 0.25) is 0 Å². The molecule has 1 aliphatic rings. The number of nitrogens with zero attached hydrogens (tertiary/aromatic N) is 2. The molecule has 0 atom stereocenters. The number of rotatable bonds is 8. The Kier molecular flexibility index (Phi) is 8.08. The average Bonchev–Trinajstić information content (AvgIpc) is 2.74. The summed E-state index contributed by atoms with van der Waals surface area (Å²) in [5, 5.41) is 5.31. The monoisotopic (exact) mass is 430 g/mol. The Morgan fingerprint density at radius 2 is 1.71 bits per heavy atom. The third kappa shape index (κ3) is 7.11. The molecule has 0 unspecified atom stereocenters. The third-order valence-corrected chi connectivity index (χ3v) is 5.30. The van der Waals surface area contributed by atoms with Gasteiger partial charge in [0, 0.05) is 58.3 Å². The van der Waals surface area contributed by atoms with Crippen LogP contribution < -0.4 is 10.6 Å². The highest BCUT2D eigenvalue weighted by Gasteiger charge is 2.14. The Hall–Kier alpha value is -2.84. The minimum atomic E-state index is -0.932. The molecular weight excluding hydrogens is 402 g/mol. The number of benzene rings is 2. The molecule has 8 heteroatoms. The van der Waals surface area contributed by atoms with Gasteiger partial charge < -0.3 is 15.5 Å². The molecule has 0 bridgehead atoms. The second-order valence-electron chi connectivity index (χ2n) is 7.81. The maximum absolute atomic E-state index is 13.6. The second kappa shape index (κ2) is 11.0. The van der Waals surface area contributed by atoms with Crippen molar-refractivity contribution in [2.75, 3.05) is 39.8 Å². The van der Waals surface area contributed by atoms with Gasteiger partial charge in [-0.05, 0) is 30.3 Å². The summed E-state index contributed by atoms with van der Waals surface area (Å²) < 4.78 is 26.5. The number of hydrogen-bond donors (Lipinski definition) is 2. The fraction of sp³-hybridized carbons (Fsp3) is 0.391. The molecule has 1 saturated heterocycles. The lowest BCUT2D eigenvalue weighted by Crippen LogP contribution is -2.43. The molecule has 1 fully saturated rings. The van der Waals surface area contributed by atoms with Gasteiger partial charge in [-0.25, -0.2) is 8.78 Å². The molecule has 0 aromatic heterocycles. The molecule has 31 heavy (non-hydrogen) atoms. The molecule has 0 aliphatic carbocycles. The summed E-state index contributed by atoms with van der Waals surface area (Å²) in [4.78, 5) is 28.8. The van der Waals surface area contributed by atoms with Gasteiger partial charge in [0.15, 0.2) is 0 Å². The lowest BCUT2D eigenvalue weighted by Gasteiger charge is -2.32. The van der Waals surface area contributed by atoms with Crippen LogP contribution in [-0.4, -0.2) is 61.4 Å². The molecule has 2 aromatic carbocycles. The normalized spacial score (nSPS) is 14.9. The predicted molar refractivity (Wildman–Crippen MR) is 114 cm³/mol. The first-order valence-corrected chi connectivity index (χ1v) is 10.4. The van der Waals surface area contributed by atoms with Gasteiger partial charge in [0.25, 0.3) is 5.91 Å². The lowest BCUT2D eigenvalue weighted by atomic mass is 10.1. The van der Waals surface area contributed by atoms with Crippen LogP contribution in [0.15, 0.2) is 42.5 Å². The summed E-state index contributed by atoms with van der Waals surface area (Å²) in [5.41, 5.74) is 1.97. The average molecular weight is 430 g/mol. The largest absolute Gasteiger partial charge is 0.352 e. The summed E-state index contributed by atoms with van der Waals surface area (Å²) in [5.74, 6) is -2.58. The summed E-state index contributed by atoms with van der Waals surface area (Å²) >= 11 is 0. The van der Waals surface area contributed by atoms with E-state index < -0.39 is 17.5 Å². The van der Waals surface area contributed by atoms with E-state index in [2.05, 4.69) is 39.6 Å². The highest BCUT2D eigenvalue weighted by atomic mass is 19.1. The molecule has 1 aliphatic heterocycles. The maximum Gasteiger partial charge on any atom is 0.254 e. The van der Waals surface area contributed by atoms with E-state index in [4.69, 9.17) is 0 Å². The third-order valence-electron chi connectivity index (χ3n) is 5.30. The number of carbonyl (C=O) groups excluding carboxylic acids is 2. The zero-order valence-corrected chi connectivity index (χ0v) is 17.7. The van der Waals surface area contributed by atoms with Gasteiger partial charge >= 0.3 is 0 Å². The van der Waals surface area contributed by atoms with Crippen molar-refractivity contribution in [3.63, 3.8) is 0 Å². The Morgan fingerprint density at radius 3 is 2.45 bits per heavy atom. The van der Waals surface area contributed by atoms with E-state index >= 15 is 0 Å². The maximum atomic E-state index is 13.6. The molecule has 3 rings (SSSR count). The van der Waals surface area contributed by atoms with E-state index in [0.29, 0.717) is 12.6 Å².